The van der Waals surface area contributed by atoms with E-state index < -0.39 is 48.7 Å². The van der Waals surface area contributed by atoms with E-state index in [1.807, 2.05) is 0 Å². The van der Waals surface area contributed by atoms with E-state index in [4.69, 9.17) is 0 Å². The lowest BCUT2D eigenvalue weighted by atomic mass is 10.1. The van der Waals surface area contributed by atoms with Gasteiger partial charge in [-0.15, -0.1) is 0 Å². The van der Waals surface area contributed by atoms with Gasteiger partial charge in [0.25, 0.3) is 5.92 Å². The van der Waals surface area contributed by atoms with Crippen molar-refractivity contribution < 1.29 is 31.4 Å². The number of benzene rings is 1. The van der Waals surface area contributed by atoms with E-state index in [2.05, 4.69) is 25.5 Å². The molecular formula is C19H17F6N7O. The summed E-state index contributed by atoms with van der Waals surface area (Å²) in [4.78, 5) is 9.20. The molecule has 0 radical (unpaired) electrons. The van der Waals surface area contributed by atoms with Crippen LogP contribution in [0.15, 0.2) is 43.0 Å². The van der Waals surface area contributed by atoms with Crippen LogP contribution in [-0.2, 0) is 6.18 Å². The number of nitrogens with zero attached hydrogens (tertiary/aromatic N) is 6. The van der Waals surface area contributed by atoms with E-state index >= 15 is 0 Å². The van der Waals surface area contributed by atoms with Crippen molar-refractivity contribution in [1.29, 1.82) is 0 Å². The van der Waals surface area contributed by atoms with Crippen LogP contribution < -0.4 is 5.32 Å². The van der Waals surface area contributed by atoms with Crippen LogP contribution in [0.25, 0.3) is 5.69 Å². The highest BCUT2D eigenvalue weighted by atomic mass is 19.4. The second-order valence-electron chi connectivity index (χ2n) is 7.33. The van der Waals surface area contributed by atoms with Gasteiger partial charge in [0, 0.05) is 37.5 Å². The number of alkyl halides is 5. The van der Waals surface area contributed by atoms with Gasteiger partial charge in [-0.1, -0.05) is 0 Å². The van der Waals surface area contributed by atoms with Crippen LogP contribution in [0.4, 0.5) is 32.3 Å². The van der Waals surface area contributed by atoms with Gasteiger partial charge in [-0.3, -0.25) is 4.90 Å². The fourth-order valence-corrected chi connectivity index (χ4v) is 3.59. The van der Waals surface area contributed by atoms with Crippen LogP contribution in [0, 0.1) is 5.82 Å². The Kier molecular flexibility index (Phi) is 5.97. The molecule has 2 N–H and O–H groups in total. The molecule has 3 aromatic rings. The van der Waals surface area contributed by atoms with Crippen molar-refractivity contribution in [3.63, 3.8) is 0 Å². The second-order valence-corrected chi connectivity index (χ2v) is 7.33. The van der Waals surface area contributed by atoms with Crippen molar-refractivity contribution in [3.8, 4) is 5.69 Å². The smallest absolute Gasteiger partial charge is 0.374 e. The Morgan fingerprint density at radius 2 is 1.82 bits per heavy atom. The summed E-state index contributed by atoms with van der Waals surface area (Å²) in [6.07, 6.45) is -3.08. The van der Waals surface area contributed by atoms with Gasteiger partial charge >= 0.3 is 6.18 Å². The van der Waals surface area contributed by atoms with Gasteiger partial charge in [-0.2, -0.15) is 28.2 Å². The third kappa shape index (κ3) is 4.75. The Labute approximate surface area is 182 Å². The standard InChI is InChI=1S/C19H17F6N7O/c20-12-1-2-14(32-29-4-5-30-32)13(7-12)16(33)31-6-3-18(21,22)15(31)10-28-17-26-8-11(9-27-17)19(23,24)25/h1-2,4-5,7-9,15-16,33H,3,6,10H2,(H,26,27,28)/t15-,16?/m1/s1. The van der Waals surface area contributed by atoms with Crippen LogP contribution in [0.2, 0.25) is 0 Å². The van der Waals surface area contributed by atoms with Gasteiger partial charge in [-0.05, 0) is 18.2 Å². The first-order valence-corrected chi connectivity index (χ1v) is 9.67. The number of aliphatic hydroxyl groups is 1. The van der Waals surface area contributed by atoms with E-state index in [0.29, 0.717) is 12.4 Å². The molecule has 2 atom stereocenters. The van der Waals surface area contributed by atoms with Crippen LogP contribution in [-0.4, -0.2) is 60.0 Å². The molecule has 1 aliphatic rings. The lowest BCUT2D eigenvalue weighted by Gasteiger charge is -2.32. The highest BCUT2D eigenvalue weighted by molar-refractivity contribution is 5.41. The molecule has 0 bridgehead atoms. The molecule has 0 amide bonds. The lowest BCUT2D eigenvalue weighted by Crippen LogP contribution is -2.46. The largest absolute Gasteiger partial charge is 0.419 e. The zero-order valence-corrected chi connectivity index (χ0v) is 16.7. The zero-order chi connectivity index (χ0) is 23.8. The Morgan fingerprint density at radius 3 is 2.45 bits per heavy atom. The van der Waals surface area contributed by atoms with Gasteiger partial charge in [0.05, 0.1) is 29.7 Å². The first-order chi connectivity index (χ1) is 15.6. The molecule has 4 rings (SSSR count). The highest BCUT2D eigenvalue weighted by Crippen LogP contribution is 2.39. The maximum atomic E-state index is 14.6. The fourth-order valence-electron chi connectivity index (χ4n) is 3.59. The van der Waals surface area contributed by atoms with Crippen LogP contribution in [0.1, 0.15) is 23.8 Å². The number of hydrogen-bond donors (Lipinski definition) is 2. The lowest BCUT2D eigenvalue weighted by molar-refractivity contribution is -0.138. The minimum Gasteiger partial charge on any atom is -0.374 e. The number of hydrogen-bond acceptors (Lipinski definition) is 7. The molecule has 33 heavy (non-hydrogen) atoms. The van der Waals surface area contributed by atoms with E-state index in [9.17, 15) is 31.4 Å². The number of likely N-dealkylation sites (tertiary alicyclic amines) is 1. The molecule has 0 aliphatic carbocycles. The monoisotopic (exact) mass is 473 g/mol. The summed E-state index contributed by atoms with van der Waals surface area (Å²) in [6.45, 7) is -0.711. The molecule has 1 aliphatic heterocycles. The molecule has 1 saturated heterocycles. The van der Waals surface area contributed by atoms with Crippen LogP contribution in [0.3, 0.4) is 0 Å². The molecule has 176 valence electrons. The average molecular weight is 473 g/mol. The zero-order valence-electron chi connectivity index (χ0n) is 16.7. The van der Waals surface area contributed by atoms with Crippen molar-refractivity contribution in [2.24, 2.45) is 0 Å². The molecule has 14 heteroatoms. The molecule has 1 unspecified atom stereocenters. The minimum atomic E-state index is -4.63. The molecule has 1 aromatic carbocycles. The quantitative estimate of drug-likeness (QED) is 0.532. The third-order valence-corrected chi connectivity index (χ3v) is 5.24. The third-order valence-electron chi connectivity index (χ3n) is 5.24. The second kappa shape index (κ2) is 8.59. The predicted octanol–water partition coefficient (Wildman–Crippen LogP) is 3.03. The molecule has 2 aromatic heterocycles. The minimum absolute atomic E-state index is 0.0281. The SMILES string of the molecule is OC(c1cc(F)ccc1-n1nccn1)N1CCC(F)(F)[C@H]1CNc1ncc(C(F)(F)F)cn1. The molecule has 0 spiro atoms. The van der Waals surface area contributed by atoms with Gasteiger partial charge in [0.1, 0.15) is 12.0 Å². The number of aromatic nitrogens is 5. The summed E-state index contributed by atoms with van der Waals surface area (Å²) in [5.41, 5.74) is -0.913. The van der Waals surface area contributed by atoms with Gasteiger partial charge < -0.3 is 10.4 Å². The van der Waals surface area contributed by atoms with Crippen LogP contribution in [0.5, 0.6) is 0 Å². The molecule has 0 saturated carbocycles. The van der Waals surface area contributed by atoms with E-state index in [1.165, 1.54) is 18.5 Å². The van der Waals surface area contributed by atoms with E-state index in [-0.39, 0.29) is 23.7 Å². The number of aliphatic hydroxyl groups excluding tert-OH is 1. The molecule has 8 nitrogen and oxygen atoms in total. The summed E-state index contributed by atoms with van der Waals surface area (Å²) in [5, 5.41) is 21.3. The summed E-state index contributed by atoms with van der Waals surface area (Å²) < 4.78 is 81.1. The number of anilines is 1. The van der Waals surface area contributed by atoms with Gasteiger partial charge in [0.15, 0.2) is 0 Å². The van der Waals surface area contributed by atoms with Gasteiger partial charge in [0.2, 0.25) is 5.95 Å². The average Bonchev–Trinajstić information content (AvgIpc) is 3.39. The van der Waals surface area contributed by atoms with Crippen LogP contribution >= 0.6 is 0 Å². The maximum absolute atomic E-state index is 14.6. The Bertz CT molecular complexity index is 1090. The number of halogens is 6. The van der Waals surface area contributed by atoms with Gasteiger partial charge in [-0.25, -0.2) is 23.1 Å². The predicted molar refractivity (Wildman–Crippen MR) is 102 cm³/mol. The van der Waals surface area contributed by atoms with E-state index in [0.717, 1.165) is 21.8 Å². The Morgan fingerprint density at radius 1 is 1.15 bits per heavy atom. The summed E-state index contributed by atoms with van der Waals surface area (Å²) in [6, 6.07) is 1.85. The normalized spacial score (nSPS) is 19.5. The Balaban J connectivity index is 1.56. The van der Waals surface area contributed by atoms with Crippen molar-refractivity contribution in [2.45, 2.75) is 30.8 Å². The summed E-state index contributed by atoms with van der Waals surface area (Å²) >= 11 is 0. The fraction of sp³-hybridized carbons (Fsp3) is 0.368. The van der Waals surface area contributed by atoms with E-state index in [1.54, 1.807) is 0 Å². The maximum Gasteiger partial charge on any atom is 0.419 e. The number of rotatable bonds is 6. The van der Waals surface area contributed by atoms with Crippen molar-refractivity contribution in [2.75, 3.05) is 18.4 Å². The Hall–Kier alpha value is -3.26. The molecule has 3 heterocycles. The molecular weight excluding hydrogens is 456 g/mol. The summed E-state index contributed by atoms with van der Waals surface area (Å²) in [5.74, 6) is -4.23. The first kappa shape index (κ1) is 22.9. The number of nitrogens with one attached hydrogen (secondary N) is 1. The topological polar surface area (TPSA) is 92.0 Å². The van der Waals surface area contributed by atoms with Crippen molar-refractivity contribution in [3.05, 3.63) is 59.9 Å². The summed E-state index contributed by atoms with van der Waals surface area (Å²) in [7, 11) is 0. The van der Waals surface area contributed by atoms with Crippen molar-refractivity contribution in [1.82, 2.24) is 29.9 Å². The highest BCUT2D eigenvalue weighted by Gasteiger charge is 2.51. The molecule has 1 fully saturated rings. The van der Waals surface area contributed by atoms with Crippen molar-refractivity contribution >= 4 is 5.95 Å². The first-order valence-electron chi connectivity index (χ1n) is 9.67.